The minimum atomic E-state index is -4.37. The number of imidazole rings is 1. The number of aromatic nitrogens is 2. The highest BCUT2D eigenvalue weighted by atomic mass is 79.9. The third-order valence-corrected chi connectivity index (χ3v) is 5.40. The number of alkyl halides is 3. The van der Waals surface area contributed by atoms with E-state index in [0.717, 1.165) is 27.9 Å². The Morgan fingerprint density at radius 2 is 1.75 bits per heavy atom. The number of fused-ring (bicyclic) bond motifs is 1. The molecular formula is C20H15BrF3N3O. The van der Waals surface area contributed by atoms with Gasteiger partial charge in [0.05, 0.1) is 24.0 Å². The molecule has 2 aromatic carbocycles. The van der Waals surface area contributed by atoms with Gasteiger partial charge in [-0.1, -0.05) is 46.3 Å². The Morgan fingerprint density at radius 3 is 2.43 bits per heavy atom. The molecule has 0 unspecified atom stereocenters. The molecule has 144 valence electrons. The van der Waals surface area contributed by atoms with Crippen LogP contribution in [0.25, 0.3) is 11.4 Å². The Labute approximate surface area is 167 Å². The van der Waals surface area contributed by atoms with Gasteiger partial charge in [-0.3, -0.25) is 4.79 Å². The van der Waals surface area contributed by atoms with Crippen molar-refractivity contribution in [2.75, 3.05) is 0 Å². The van der Waals surface area contributed by atoms with E-state index in [9.17, 15) is 18.0 Å². The van der Waals surface area contributed by atoms with E-state index in [0.29, 0.717) is 17.9 Å². The summed E-state index contributed by atoms with van der Waals surface area (Å²) in [6.07, 6.45) is -2.63. The number of halogens is 4. The highest BCUT2D eigenvalue weighted by Gasteiger charge is 2.30. The van der Waals surface area contributed by atoms with Crippen LogP contribution in [0.15, 0.2) is 59.2 Å². The third-order valence-electron chi connectivity index (χ3n) is 4.71. The maximum absolute atomic E-state index is 12.7. The van der Waals surface area contributed by atoms with E-state index in [1.165, 1.54) is 12.1 Å². The van der Waals surface area contributed by atoms with Crippen LogP contribution in [0.2, 0.25) is 0 Å². The van der Waals surface area contributed by atoms with Gasteiger partial charge in [-0.05, 0) is 23.8 Å². The fourth-order valence-electron chi connectivity index (χ4n) is 3.25. The lowest BCUT2D eigenvalue weighted by atomic mass is 10.1. The number of nitrogens with zero attached hydrogens (tertiary/aromatic N) is 3. The zero-order valence-corrected chi connectivity index (χ0v) is 16.2. The van der Waals surface area contributed by atoms with Crippen LogP contribution in [0.3, 0.4) is 0 Å². The standard InChI is InChI=1S/C20H15BrF3N3O/c21-17-4-2-1-3-16(17)19-25-9-15-11-26(18(28)12-27(15)19)10-13-5-7-14(8-6-13)20(22,23)24/h1-9H,10-12H2. The number of hydrogen-bond acceptors (Lipinski definition) is 2. The zero-order valence-electron chi connectivity index (χ0n) is 14.6. The maximum Gasteiger partial charge on any atom is 0.416 e. The van der Waals surface area contributed by atoms with E-state index in [4.69, 9.17) is 0 Å². The first-order valence-corrected chi connectivity index (χ1v) is 9.35. The first-order valence-electron chi connectivity index (χ1n) is 8.56. The molecule has 28 heavy (non-hydrogen) atoms. The van der Waals surface area contributed by atoms with E-state index >= 15 is 0 Å². The largest absolute Gasteiger partial charge is 0.416 e. The van der Waals surface area contributed by atoms with Crippen LogP contribution in [0.1, 0.15) is 16.8 Å². The number of amides is 1. The lowest BCUT2D eigenvalue weighted by molar-refractivity contribution is -0.138. The smallest absolute Gasteiger partial charge is 0.331 e. The molecule has 0 radical (unpaired) electrons. The van der Waals surface area contributed by atoms with Crippen molar-refractivity contribution in [2.24, 2.45) is 0 Å². The summed E-state index contributed by atoms with van der Waals surface area (Å²) < 4.78 is 40.9. The molecule has 1 aromatic heterocycles. The normalized spacial score (nSPS) is 14.3. The van der Waals surface area contributed by atoms with Gasteiger partial charge in [0.1, 0.15) is 12.4 Å². The van der Waals surface area contributed by atoms with Gasteiger partial charge >= 0.3 is 6.18 Å². The molecule has 1 amide bonds. The van der Waals surface area contributed by atoms with Crippen LogP contribution in [0, 0.1) is 0 Å². The van der Waals surface area contributed by atoms with Crippen LogP contribution in [0.4, 0.5) is 13.2 Å². The molecule has 0 bridgehead atoms. The van der Waals surface area contributed by atoms with Gasteiger partial charge in [-0.25, -0.2) is 4.98 Å². The van der Waals surface area contributed by atoms with E-state index in [1.807, 2.05) is 28.8 Å². The molecule has 1 aliphatic rings. The van der Waals surface area contributed by atoms with Crippen molar-refractivity contribution in [2.45, 2.75) is 25.8 Å². The van der Waals surface area contributed by atoms with Gasteiger partial charge in [0.25, 0.3) is 0 Å². The lowest BCUT2D eigenvalue weighted by Gasteiger charge is -2.29. The number of benzene rings is 2. The van der Waals surface area contributed by atoms with Crippen LogP contribution < -0.4 is 0 Å². The van der Waals surface area contributed by atoms with Crippen molar-refractivity contribution < 1.29 is 18.0 Å². The summed E-state index contributed by atoms with van der Waals surface area (Å²) in [5, 5.41) is 0. The summed E-state index contributed by atoms with van der Waals surface area (Å²) in [6.45, 7) is 0.760. The van der Waals surface area contributed by atoms with E-state index in [-0.39, 0.29) is 19.0 Å². The second-order valence-corrected chi connectivity index (χ2v) is 7.44. The van der Waals surface area contributed by atoms with Crippen molar-refractivity contribution in [1.29, 1.82) is 0 Å². The summed E-state index contributed by atoms with van der Waals surface area (Å²) in [5.74, 6) is 0.615. The number of carbonyl (C=O) groups excluding carboxylic acids is 1. The molecule has 0 N–H and O–H groups in total. The molecule has 1 aliphatic heterocycles. The highest BCUT2D eigenvalue weighted by molar-refractivity contribution is 9.10. The topological polar surface area (TPSA) is 38.1 Å². The Morgan fingerprint density at radius 1 is 1.04 bits per heavy atom. The van der Waals surface area contributed by atoms with E-state index in [1.54, 1.807) is 11.1 Å². The fourth-order valence-corrected chi connectivity index (χ4v) is 3.72. The molecule has 0 aliphatic carbocycles. The van der Waals surface area contributed by atoms with Crippen molar-refractivity contribution in [3.05, 3.63) is 76.0 Å². The molecular weight excluding hydrogens is 435 g/mol. The number of carbonyl (C=O) groups is 1. The lowest BCUT2D eigenvalue weighted by Crippen LogP contribution is -2.38. The Hall–Kier alpha value is -2.61. The average Bonchev–Trinajstić information content (AvgIpc) is 3.04. The predicted octanol–water partition coefficient (Wildman–Crippen LogP) is 4.87. The van der Waals surface area contributed by atoms with Crippen LogP contribution in [0.5, 0.6) is 0 Å². The van der Waals surface area contributed by atoms with Gasteiger partial charge in [-0.15, -0.1) is 0 Å². The average molecular weight is 450 g/mol. The molecule has 0 saturated heterocycles. The molecule has 0 atom stereocenters. The monoisotopic (exact) mass is 449 g/mol. The molecule has 4 rings (SSSR count). The molecule has 0 saturated carbocycles. The summed E-state index contributed by atoms with van der Waals surface area (Å²) >= 11 is 3.51. The number of rotatable bonds is 3. The number of hydrogen-bond donors (Lipinski definition) is 0. The molecule has 3 aromatic rings. The third kappa shape index (κ3) is 3.56. The van der Waals surface area contributed by atoms with Crippen molar-refractivity contribution in [3.63, 3.8) is 0 Å². The summed E-state index contributed by atoms with van der Waals surface area (Å²) in [6, 6.07) is 12.6. The highest BCUT2D eigenvalue weighted by Crippen LogP contribution is 2.31. The van der Waals surface area contributed by atoms with Crippen molar-refractivity contribution in [1.82, 2.24) is 14.5 Å². The Bertz CT molecular complexity index is 1030. The molecule has 4 nitrogen and oxygen atoms in total. The van der Waals surface area contributed by atoms with Crippen LogP contribution in [-0.2, 0) is 30.6 Å². The minimum Gasteiger partial charge on any atom is -0.331 e. The van der Waals surface area contributed by atoms with Gasteiger partial charge in [0.2, 0.25) is 5.91 Å². The molecule has 8 heteroatoms. The molecule has 0 spiro atoms. The summed E-state index contributed by atoms with van der Waals surface area (Å²) in [4.78, 5) is 18.7. The van der Waals surface area contributed by atoms with Crippen molar-refractivity contribution >= 4 is 21.8 Å². The Kier molecular flexibility index (Phi) is 4.74. The SMILES string of the molecule is O=C1Cn2c(cnc2-c2ccccc2Br)CN1Cc1ccc(C(F)(F)F)cc1. The Balaban J connectivity index is 1.55. The molecule has 0 fully saturated rings. The first-order chi connectivity index (χ1) is 13.3. The predicted molar refractivity (Wildman–Crippen MR) is 101 cm³/mol. The second kappa shape index (κ2) is 7.09. The van der Waals surface area contributed by atoms with E-state index in [2.05, 4.69) is 20.9 Å². The van der Waals surface area contributed by atoms with Gasteiger partial charge < -0.3 is 9.47 Å². The minimum absolute atomic E-state index is 0.0984. The van der Waals surface area contributed by atoms with Crippen molar-refractivity contribution in [3.8, 4) is 11.4 Å². The molecule has 2 heterocycles. The van der Waals surface area contributed by atoms with E-state index < -0.39 is 11.7 Å². The quantitative estimate of drug-likeness (QED) is 0.571. The van der Waals surface area contributed by atoms with Gasteiger partial charge in [-0.2, -0.15) is 13.2 Å². The van der Waals surface area contributed by atoms with Crippen LogP contribution >= 0.6 is 15.9 Å². The van der Waals surface area contributed by atoms with Gasteiger partial charge in [0.15, 0.2) is 0 Å². The summed E-state index contributed by atoms with van der Waals surface area (Å²) in [5.41, 5.74) is 1.74. The second-order valence-electron chi connectivity index (χ2n) is 6.58. The summed E-state index contributed by atoms with van der Waals surface area (Å²) in [7, 11) is 0. The fraction of sp³-hybridized carbons (Fsp3) is 0.200. The maximum atomic E-state index is 12.7. The zero-order chi connectivity index (χ0) is 19.9. The van der Waals surface area contributed by atoms with Crippen LogP contribution in [-0.4, -0.2) is 20.4 Å². The first kappa shape index (κ1) is 18.7. The van der Waals surface area contributed by atoms with Gasteiger partial charge in [0, 0.05) is 16.6 Å².